The molecule has 0 fully saturated rings. The van der Waals surface area contributed by atoms with E-state index in [1.54, 1.807) is 43.5 Å². The number of hydrogen-bond acceptors (Lipinski definition) is 7. The van der Waals surface area contributed by atoms with Crippen molar-refractivity contribution in [1.29, 1.82) is 0 Å². The molecule has 3 aromatic rings. The van der Waals surface area contributed by atoms with Gasteiger partial charge in [0.1, 0.15) is 11.8 Å². The van der Waals surface area contributed by atoms with E-state index < -0.39 is 24.0 Å². The van der Waals surface area contributed by atoms with Crippen LogP contribution >= 0.6 is 0 Å². The molecule has 39 heavy (non-hydrogen) atoms. The van der Waals surface area contributed by atoms with Gasteiger partial charge < -0.3 is 25.8 Å². The fraction of sp³-hybridized carbons (Fsp3) is 0.207. The van der Waals surface area contributed by atoms with Gasteiger partial charge in [0.25, 0.3) is 11.8 Å². The first-order valence-corrected chi connectivity index (χ1v) is 12.1. The monoisotopic (exact) mass is 530 g/mol. The Labute approximate surface area is 226 Å². The Morgan fingerprint density at radius 2 is 1.59 bits per heavy atom. The smallest absolute Gasteiger partial charge is 0.268 e. The maximum absolute atomic E-state index is 12.4. The highest BCUT2D eigenvalue weighted by Gasteiger charge is 2.25. The van der Waals surface area contributed by atoms with E-state index in [1.807, 2.05) is 24.3 Å². The zero-order valence-electron chi connectivity index (χ0n) is 21.5. The van der Waals surface area contributed by atoms with Crippen LogP contribution in [0, 0.1) is 11.8 Å². The Morgan fingerprint density at radius 1 is 0.949 bits per heavy atom. The second kappa shape index (κ2) is 14.3. The van der Waals surface area contributed by atoms with Gasteiger partial charge in [-0.2, -0.15) is 0 Å². The third-order valence-electron chi connectivity index (χ3n) is 5.58. The molecular weight excluding hydrogens is 500 g/mol. The molecule has 0 radical (unpaired) electrons. The minimum absolute atomic E-state index is 0.154. The molecule has 0 aliphatic rings. The van der Waals surface area contributed by atoms with E-state index >= 15 is 0 Å². The first-order valence-electron chi connectivity index (χ1n) is 12.1. The summed E-state index contributed by atoms with van der Waals surface area (Å²) in [6.07, 6.45) is -1.20. The van der Waals surface area contributed by atoms with Crippen LogP contribution in [0.15, 0.2) is 72.8 Å². The molecule has 10 nitrogen and oxygen atoms in total. The molecule has 0 saturated carbocycles. The number of ether oxygens (including phenoxy) is 1. The van der Waals surface area contributed by atoms with Gasteiger partial charge in [-0.05, 0) is 73.2 Å². The van der Waals surface area contributed by atoms with Crippen molar-refractivity contribution in [3.8, 4) is 17.6 Å². The van der Waals surface area contributed by atoms with Crippen molar-refractivity contribution in [1.82, 2.24) is 16.1 Å². The minimum Gasteiger partial charge on any atom is -0.497 e. The lowest BCUT2D eigenvalue weighted by atomic mass is 10.1. The molecule has 10 heteroatoms. The van der Waals surface area contributed by atoms with Gasteiger partial charge >= 0.3 is 0 Å². The Hall–Kier alpha value is -4.69. The SMILES string of the molecule is COc1cccc(CNCC(=O)Nc2ccc(C#Cc3ccc(C(=O)NC(C(=O)NO)C(C)O)cc3)cc2)c1. The number of carbonyl (C=O) groups is 3. The maximum atomic E-state index is 12.4. The zero-order chi connectivity index (χ0) is 28.2. The van der Waals surface area contributed by atoms with Crippen molar-refractivity contribution in [3.63, 3.8) is 0 Å². The molecule has 2 unspecified atom stereocenters. The van der Waals surface area contributed by atoms with Crippen LogP contribution in [0.3, 0.4) is 0 Å². The van der Waals surface area contributed by atoms with Crippen molar-refractivity contribution < 1.29 is 29.4 Å². The van der Waals surface area contributed by atoms with E-state index in [-0.39, 0.29) is 18.0 Å². The quantitative estimate of drug-likeness (QED) is 0.133. The van der Waals surface area contributed by atoms with Crippen LogP contribution in [-0.4, -0.2) is 53.8 Å². The second-order valence-corrected chi connectivity index (χ2v) is 8.58. The lowest BCUT2D eigenvalue weighted by Gasteiger charge is -2.19. The lowest BCUT2D eigenvalue weighted by molar-refractivity contribution is -0.133. The molecule has 0 heterocycles. The van der Waals surface area contributed by atoms with Gasteiger partial charge in [-0.15, -0.1) is 0 Å². The first kappa shape index (κ1) is 28.9. The van der Waals surface area contributed by atoms with E-state index in [1.165, 1.54) is 24.5 Å². The van der Waals surface area contributed by atoms with E-state index in [9.17, 15) is 19.5 Å². The van der Waals surface area contributed by atoms with Gasteiger partial charge in [0.05, 0.1) is 19.8 Å². The number of amides is 3. The van der Waals surface area contributed by atoms with Crippen LogP contribution < -0.4 is 26.2 Å². The number of nitrogens with one attached hydrogen (secondary N) is 4. The molecule has 0 aromatic heterocycles. The Balaban J connectivity index is 1.50. The van der Waals surface area contributed by atoms with Crippen molar-refractivity contribution in [3.05, 3.63) is 95.1 Å². The normalized spacial score (nSPS) is 11.8. The molecule has 3 rings (SSSR count). The molecule has 0 bridgehead atoms. The van der Waals surface area contributed by atoms with Gasteiger partial charge in [-0.3, -0.25) is 19.6 Å². The van der Waals surface area contributed by atoms with Crippen molar-refractivity contribution in [2.45, 2.75) is 25.6 Å². The third-order valence-corrected chi connectivity index (χ3v) is 5.58. The van der Waals surface area contributed by atoms with E-state index in [0.717, 1.165) is 16.9 Å². The van der Waals surface area contributed by atoms with Gasteiger partial charge in [0.15, 0.2) is 0 Å². The summed E-state index contributed by atoms with van der Waals surface area (Å²) in [6.45, 7) is 2.01. The predicted octanol–water partition coefficient (Wildman–Crippen LogP) is 1.81. The van der Waals surface area contributed by atoms with E-state index in [4.69, 9.17) is 9.94 Å². The minimum atomic E-state index is -1.30. The largest absolute Gasteiger partial charge is 0.497 e. The first-order chi connectivity index (χ1) is 18.8. The number of aliphatic hydroxyl groups is 1. The molecule has 202 valence electrons. The molecule has 0 saturated heterocycles. The zero-order valence-corrected chi connectivity index (χ0v) is 21.5. The molecule has 6 N–H and O–H groups in total. The molecule has 2 atom stereocenters. The third kappa shape index (κ3) is 8.98. The fourth-order valence-electron chi connectivity index (χ4n) is 3.49. The van der Waals surface area contributed by atoms with Crippen LogP contribution in [0.2, 0.25) is 0 Å². The van der Waals surface area contributed by atoms with E-state index in [2.05, 4.69) is 27.8 Å². The number of rotatable bonds is 10. The number of aliphatic hydroxyl groups excluding tert-OH is 1. The van der Waals surface area contributed by atoms with E-state index in [0.29, 0.717) is 17.8 Å². The highest BCUT2D eigenvalue weighted by Crippen LogP contribution is 2.12. The van der Waals surface area contributed by atoms with Gasteiger partial charge in [0, 0.05) is 28.9 Å². The molecular formula is C29H30N4O6. The molecule has 0 aliphatic heterocycles. The fourth-order valence-corrected chi connectivity index (χ4v) is 3.49. The summed E-state index contributed by atoms with van der Waals surface area (Å²) in [6, 6.07) is 19.8. The van der Waals surface area contributed by atoms with Gasteiger partial charge in [0.2, 0.25) is 5.91 Å². The summed E-state index contributed by atoms with van der Waals surface area (Å²) in [5.74, 6) is 5.11. The average Bonchev–Trinajstić information content (AvgIpc) is 2.95. The number of hydrogen-bond donors (Lipinski definition) is 6. The maximum Gasteiger partial charge on any atom is 0.268 e. The standard InChI is InChI=1S/C29H30N4O6/c1-19(34)27(29(37)33-38)32-28(36)23-12-8-20(9-13-23)6-7-21-10-14-24(15-11-21)31-26(35)18-30-17-22-4-3-5-25(16-22)39-2/h3-5,8-16,19,27,30,34,38H,17-18H2,1-2H3,(H,31,35)(H,32,36)(H,33,37). The van der Waals surface area contributed by atoms with Crippen LogP contribution in [0.1, 0.15) is 34.0 Å². The van der Waals surface area contributed by atoms with Crippen LogP contribution in [-0.2, 0) is 16.1 Å². The summed E-state index contributed by atoms with van der Waals surface area (Å²) in [7, 11) is 1.61. The van der Waals surface area contributed by atoms with Crippen molar-refractivity contribution in [2.75, 3.05) is 19.0 Å². The Kier molecular flexibility index (Phi) is 10.6. The van der Waals surface area contributed by atoms with Gasteiger partial charge in [-0.25, -0.2) is 5.48 Å². The summed E-state index contributed by atoms with van der Waals surface area (Å²) >= 11 is 0. The number of anilines is 1. The van der Waals surface area contributed by atoms with Crippen molar-refractivity contribution in [2.24, 2.45) is 0 Å². The average molecular weight is 531 g/mol. The lowest BCUT2D eigenvalue weighted by Crippen LogP contribution is -2.51. The number of benzene rings is 3. The molecule has 3 amide bonds. The number of hydroxylamine groups is 1. The summed E-state index contributed by atoms with van der Waals surface area (Å²) in [5, 5.41) is 26.7. The number of methoxy groups -OCH3 is 1. The molecule has 3 aromatic carbocycles. The Bertz CT molecular complexity index is 1340. The Morgan fingerprint density at radius 3 is 2.18 bits per heavy atom. The topological polar surface area (TPSA) is 149 Å². The number of carbonyl (C=O) groups excluding carboxylic acids is 3. The summed E-state index contributed by atoms with van der Waals surface area (Å²) in [4.78, 5) is 36.2. The predicted molar refractivity (Wildman–Crippen MR) is 145 cm³/mol. The summed E-state index contributed by atoms with van der Waals surface area (Å²) in [5.41, 5.74) is 4.73. The van der Waals surface area contributed by atoms with Crippen LogP contribution in [0.5, 0.6) is 5.75 Å². The molecule has 0 spiro atoms. The van der Waals surface area contributed by atoms with Crippen LogP contribution in [0.25, 0.3) is 0 Å². The molecule has 0 aliphatic carbocycles. The van der Waals surface area contributed by atoms with Crippen molar-refractivity contribution >= 4 is 23.4 Å². The summed E-state index contributed by atoms with van der Waals surface area (Å²) < 4.78 is 5.20. The van der Waals surface area contributed by atoms with Gasteiger partial charge in [-0.1, -0.05) is 24.0 Å². The van der Waals surface area contributed by atoms with Crippen LogP contribution in [0.4, 0.5) is 5.69 Å². The second-order valence-electron chi connectivity index (χ2n) is 8.58. The highest BCUT2D eigenvalue weighted by molar-refractivity contribution is 5.97. The highest BCUT2D eigenvalue weighted by atomic mass is 16.5.